The van der Waals surface area contributed by atoms with E-state index in [-0.39, 0.29) is 0 Å². The number of hydrogen-bond donors (Lipinski definition) is 0. The summed E-state index contributed by atoms with van der Waals surface area (Å²) in [4.78, 5) is 14.6. The Morgan fingerprint density at radius 1 is 0.375 bits per heavy atom. The summed E-state index contributed by atoms with van der Waals surface area (Å²) in [6, 6.07) is 57.8. The van der Waals surface area contributed by atoms with E-state index in [2.05, 4.69) is 145 Å². The second-order valence-electron chi connectivity index (χ2n) is 12.1. The third-order valence-electron chi connectivity index (χ3n) is 9.16. The van der Waals surface area contributed by atoms with Gasteiger partial charge in [0, 0.05) is 34.6 Å². The first-order valence-electron chi connectivity index (χ1n) is 16.2. The summed E-state index contributed by atoms with van der Waals surface area (Å²) in [6.07, 6.45) is 3.70. The van der Waals surface area contributed by atoms with Crippen LogP contribution in [0.15, 0.2) is 176 Å². The average Bonchev–Trinajstić information content (AvgIpc) is 3.17. The Labute approximate surface area is 278 Å². The van der Waals surface area contributed by atoms with Gasteiger partial charge in [-0.05, 0) is 67.2 Å². The molecule has 0 amide bonds. The molecule has 0 saturated carbocycles. The highest BCUT2D eigenvalue weighted by molar-refractivity contribution is 6.21. The molecule has 2 heterocycles. The van der Waals surface area contributed by atoms with Crippen molar-refractivity contribution in [2.45, 2.75) is 0 Å². The van der Waals surface area contributed by atoms with Gasteiger partial charge in [0.25, 0.3) is 0 Å². The van der Waals surface area contributed by atoms with E-state index in [1.54, 1.807) is 6.20 Å². The standard InChI is InChI=1S/C45H29N3/c1-2-12-33(13-3-1)45-47-41(28-42(48-45)40-19-9-8-16-37(40)36-15-10-26-46-29-36)31-21-23-32(24-22-31)43-39-18-7-5-14-34(39)27-35-25-20-30-11-4-6-17-38(30)44(35)43/h1-29H. The van der Waals surface area contributed by atoms with E-state index in [9.17, 15) is 0 Å². The number of fused-ring (bicyclic) bond motifs is 4. The zero-order chi connectivity index (χ0) is 31.9. The number of nitrogens with zero attached hydrogens (tertiary/aromatic N) is 3. The van der Waals surface area contributed by atoms with E-state index in [4.69, 9.17) is 9.97 Å². The summed E-state index contributed by atoms with van der Waals surface area (Å²) in [5.41, 5.74) is 9.36. The van der Waals surface area contributed by atoms with Crippen LogP contribution in [-0.4, -0.2) is 15.0 Å². The fraction of sp³-hybridized carbons (Fsp3) is 0. The molecule has 0 spiro atoms. The molecule has 3 heteroatoms. The lowest BCUT2D eigenvalue weighted by atomic mass is 9.89. The van der Waals surface area contributed by atoms with Crippen LogP contribution in [-0.2, 0) is 0 Å². The lowest BCUT2D eigenvalue weighted by Gasteiger charge is -2.15. The average molecular weight is 612 g/mol. The van der Waals surface area contributed by atoms with E-state index in [0.717, 1.165) is 39.2 Å². The highest BCUT2D eigenvalue weighted by atomic mass is 14.9. The second kappa shape index (κ2) is 11.7. The molecule has 0 aliphatic rings. The van der Waals surface area contributed by atoms with Crippen LogP contribution in [0.3, 0.4) is 0 Å². The van der Waals surface area contributed by atoms with Gasteiger partial charge in [-0.1, -0.05) is 146 Å². The van der Waals surface area contributed by atoms with Crippen LogP contribution in [0.4, 0.5) is 0 Å². The largest absolute Gasteiger partial charge is 0.264 e. The molecule has 0 aliphatic heterocycles. The van der Waals surface area contributed by atoms with Crippen LogP contribution in [0.2, 0.25) is 0 Å². The fourth-order valence-electron chi connectivity index (χ4n) is 6.88. The van der Waals surface area contributed by atoms with E-state index in [1.165, 1.54) is 43.4 Å². The van der Waals surface area contributed by atoms with Crippen molar-refractivity contribution < 1.29 is 0 Å². The highest BCUT2D eigenvalue weighted by Crippen LogP contribution is 2.41. The zero-order valence-electron chi connectivity index (χ0n) is 26.1. The number of hydrogen-bond acceptors (Lipinski definition) is 3. The molecule has 0 aliphatic carbocycles. The summed E-state index contributed by atoms with van der Waals surface area (Å²) < 4.78 is 0. The van der Waals surface area contributed by atoms with Crippen molar-refractivity contribution in [3.63, 3.8) is 0 Å². The van der Waals surface area contributed by atoms with Gasteiger partial charge in [0.05, 0.1) is 11.4 Å². The third-order valence-corrected chi connectivity index (χ3v) is 9.16. The van der Waals surface area contributed by atoms with Gasteiger partial charge in [-0.3, -0.25) is 4.98 Å². The molecule has 0 N–H and O–H groups in total. The van der Waals surface area contributed by atoms with Crippen LogP contribution in [0, 0.1) is 0 Å². The molecule has 0 unspecified atom stereocenters. The van der Waals surface area contributed by atoms with E-state index < -0.39 is 0 Å². The smallest absolute Gasteiger partial charge is 0.160 e. The van der Waals surface area contributed by atoms with E-state index in [0.29, 0.717) is 5.82 Å². The Morgan fingerprint density at radius 3 is 1.83 bits per heavy atom. The Morgan fingerprint density at radius 2 is 1.02 bits per heavy atom. The van der Waals surface area contributed by atoms with Crippen molar-refractivity contribution in [1.82, 2.24) is 15.0 Å². The lowest BCUT2D eigenvalue weighted by Crippen LogP contribution is -1.97. The maximum atomic E-state index is 5.12. The van der Waals surface area contributed by atoms with Crippen molar-refractivity contribution in [2.75, 3.05) is 0 Å². The Balaban J connectivity index is 1.23. The van der Waals surface area contributed by atoms with Crippen molar-refractivity contribution >= 4 is 32.3 Å². The molecule has 9 rings (SSSR count). The van der Waals surface area contributed by atoms with Gasteiger partial charge >= 0.3 is 0 Å². The minimum absolute atomic E-state index is 0.694. The number of rotatable bonds is 5. The molecule has 3 nitrogen and oxygen atoms in total. The zero-order valence-corrected chi connectivity index (χ0v) is 26.1. The van der Waals surface area contributed by atoms with Crippen LogP contribution in [0.25, 0.3) is 88.5 Å². The van der Waals surface area contributed by atoms with Gasteiger partial charge in [0.15, 0.2) is 5.82 Å². The monoisotopic (exact) mass is 611 g/mol. The molecule has 0 fully saturated rings. The first-order valence-corrected chi connectivity index (χ1v) is 16.2. The maximum Gasteiger partial charge on any atom is 0.160 e. The Hall–Kier alpha value is -6.45. The molecule has 9 aromatic rings. The van der Waals surface area contributed by atoms with Gasteiger partial charge in [-0.25, -0.2) is 9.97 Å². The number of pyridine rings is 1. The van der Waals surface area contributed by atoms with Crippen LogP contribution < -0.4 is 0 Å². The van der Waals surface area contributed by atoms with Gasteiger partial charge in [0.1, 0.15) is 0 Å². The van der Waals surface area contributed by atoms with Crippen molar-refractivity contribution in [3.8, 4) is 56.2 Å². The molecule has 0 atom stereocenters. The maximum absolute atomic E-state index is 5.12. The SMILES string of the molecule is c1ccc(-c2nc(-c3ccc(-c4c5ccccc5cc5ccc6ccccc6c45)cc3)cc(-c3ccccc3-c3cccnc3)n2)cc1. The van der Waals surface area contributed by atoms with Gasteiger partial charge in [-0.2, -0.15) is 0 Å². The molecular formula is C45H29N3. The summed E-state index contributed by atoms with van der Waals surface area (Å²) in [5.74, 6) is 0.694. The normalized spacial score (nSPS) is 11.3. The predicted octanol–water partition coefficient (Wildman–Crippen LogP) is 11.7. The number of aromatic nitrogens is 3. The summed E-state index contributed by atoms with van der Waals surface area (Å²) in [7, 11) is 0. The van der Waals surface area contributed by atoms with Gasteiger partial charge in [-0.15, -0.1) is 0 Å². The quantitative estimate of drug-likeness (QED) is 0.144. The summed E-state index contributed by atoms with van der Waals surface area (Å²) in [6.45, 7) is 0. The number of benzene rings is 7. The fourth-order valence-corrected chi connectivity index (χ4v) is 6.88. The third kappa shape index (κ3) is 4.90. The molecule has 7 aromatic carbocycles. The lowest BCUT2D eigenvalue weighted by molar-refractivity contribution is 1.18. The van der Waals surface area contributed by atoms with E-state index in [1.807, 2.05) is 30.5 Å². The Kier molecular flexibility index (Phi) is 6.80. The van der Waals surface area contributed by atoms with Crippen LogP contribution in [0.1, 0.15) is 0 Å². The molecule has 0 bridgehead atoms. The first kappa shape index (κ1) is 27.8. The molecule has 48 heavy (non-hydrogen) atoms. The summed E-state index contributed by atoms with van der Waals surface area (Å²) in [5, 5.41) is 7.51. The van der Waals surface area contributed by atoms with Crippen molar-refractivity contribution in [3.05, 3.63) is 176 Å². The van der Waals surface area contributed by atoms with Crippen LogP contribution in [0.5, 0.6) is 0 Å². The molecule has 224 valence electrons. The molecule has 0 radical (unpaired) electrons. The predicted molar refractivity (Wildman–Crippen MR) is 200 cm³/mol. The van der Waals surface area contributed by atoms with E-state index >= 15 is 0 Å². The summed E-state index contributed by atoms with van der Waals surface area (Å²) >= 11 is 0. The molecule has 2 aromatic heterocycles. The second-order valence-corrected chi connectivity index (χ2v) is 12.1. The molecule has 0 saturated heterocycles. The van der Waals surface area contributed by atoms with Crippen LogP contribution >= 0.6 is 0 Å². The van der Waals surface area contributed by atoms with Crippen molar-refractivity contribution in [1.29, 1.82) is 0 Å². The topological polar surface area (TPSA) is 38.7 Å². The van der Waals surface area contributed by atoms with Crippen molar-refractivity contribution in [2.24, 2.45) is 0 Å². The first-order chi connectivity index (χ1) is 23.8. The van der Waals surface area contributed by atoms with Gasteiger partial charge in [0.2, 0.25) is 0 Å². The molecular weight excluding hydrogens is 583 g/mol. The van der Waals surface area contributed by atoms with Gasteiger partial charge < -0.3 is 0 Å². The highest BCUT2D eigenvalue weighted by Gasteiger charge is 2.16. The minimum atomic E-state index is 0.694. The minimum Gasteiger partial charge on any atom is -0.264 e. The Bertz CT molecular complexity index is 2590.